The van der Waals surface area contributed by atoms with Gasteiger partial charge in [0.25, 0.3) is 0 Å². The molecule has 0 aromatic heterocycles. The van der Waals surface area contributed by atoms with Crippen molar-refractivity contribution in [1.82, 2.24) is 9.62 Å². The molecule has 6 nitrogen and oxygen atoms in total. The molecule has 21 heavy (non-hydrogen) atoms. The number of likely N-dealkylation sites (N-methyl/N-ethyl adjacent to an activating group) is 2. The third-order valence-electron chi connectivity index (χ3n) is 2.76. The van der Waals surface area contributed by atoms with Gasteiger partial charge in [0.1, 0.15) is 4.90 Å². The molecule has 3 N–H and O–H groups in total. The third kappa shape index (κ3) is 4.00. The number of anilines is 1. The summed E-state index contributed by atoms with van der Waals surface area (Å²) in [6.07, 6.45) is 0. The molecule has 0 spiro atoms. The first-order chi connectivity index (χ1) is 9.75. The van der Waals surface area contributed by atoms with Crippen LogP contribution in [0.3, 0.4) is 0 Å². The molecule has 118 valence electrons. The van der Waals surface area contributed by atoms with E-state index in [2.05, 4.69) is 5.32 Å². The van der Waals surface area contributed by atoms with Gasteiger partial charge >= 0.3 is 0 Å². The minimum Gasteiger partial charge on any atom is -0.396 e. The van der Waals surface area contributed by atoms with Crippen molar-refractivity contribution in [3.63, 3.8) is 0 Å². The van der Waals surface area contributed by atoms with E-state index in [0.29, 0.717) is 6.54 Å². The molecule has 0 saturated carbocycles. The van der Waals surface area contributed by atoms with Gasteiger partial charge in [-0.1, -0.05) is 30.1 Å². The van der Waals surface area contributed by atoms with Crippen LogP contribution in [0.25, 0.3) is 0 Å². The smallest absolute Gasteiger partial charge is 0.245 e. The highest BCUT2D eigenvalue weighted by Gasteiger charge is 2.28. The first-order valence-corrected chi connectivity index (χ1v) is 8.45. The van der Waals surface area contributed by atoms with Gasteiger partial charge in [0.05, 0.1) is 22.3 Å². The van der Waals surface area contributed by atoms with Crippen molar-refractivity contribution in [3.05, 3.63) is 22.2 Å². The SMILES string of the molecule is CCNC(=O)CN(CC)S(=O)(=O)c1ccc(Cl)c(N)c1Cl. The maximum absolute atomic E-state index is 12.6. The lowest BCUT2D eigenvalue weighted by Crippen LogP contribution is -2.40. The van der Waals surface area contributed by atoms with Crippen LogP contribution in [0.5, 0.6) is 0 Å². The number of hydrogen-bond donors (Lipinski definition) is 2. The number of nitrogens with one attached hydrogen (secondary N) is 1. The number of amides is 1. The topological polar surface area (TPSA) is 92.5 Å². The van der Waals surface area contributed by atoms with Crippen LogP contribution >= 0.6 is 23.2 Å². The summed E-state index contributed by atoms with van der Waals surface area (Å²) in [5, 5.41) is 2.58. The van der Waals surface area contributed by atoms with Gasteiger partial charge in [0.2, 0.25) is 15.9 Å². The Balaban J connectivity index is 3.19. The number of rotatable bonds is 6. The van der Waals surface area contributed by atoms with E-state index in [9.17, 15) is 13.2 Å². The predicted octanol–water partition coefficient (Wildman–Crippen LogP) is 1.72. The van der Waals surface area contributed by atoms with Crippen LogP contribution in [0.1, 0.15) is 13.8 Å². The first kappa shape index (κ1) is 18.0. The minimum atomic E-state index is -3.93. The summed E-state index contributed by atoms with van der Waals surface area (Å²) in [4.78, 5) is 11.4. The molecular weight excluding hydrogens is 337 g/mol. The second-order valence-electron chi connectivity index (χ2n) is 4.16. The maximum atomic E-state index is 12.6. The maximum Gasteiger partial charge on any atom is 0.245 e. The zero-order valence-corrected chi connectivity index (χ0v) is 14.0. The average Bonchev–Trinajstić information content (AvgIpc) is 2.42. The van der Waals surface area contributed by atoms with E-state index in [0.717, 1.165) is 4.31 Å². The summed E-state index contributed by atoms with van der Waals surface area (Å²) in [6.45, 7) is 3.64. The van der Waals surface area contributed by atoms with E-state index in [4.69, 9.17) is 28.9 Å². The number of carbonyl (C=O) groups is 1. The predicted molar refractivity (Wildman–Crippen MR) is 84.0 cm³/mol. The van der Waals surface area contributed by atoms with Crippen molar-refractivity contribution in [2.45, 2.75) is 18.7 Å². The van der Waals surface area contributed by atoms with Crippen LogP contribution in [0.4, 0.5) is 5.69 Å². The normalized spacial score (nSPS) is 11.7. The number of halogens is 2. The van der Waals surface area contributed by atoms with Gasteiger partial charge < -0.3 is 11.1 Å². The Hall–Kier alpha value is -1.02. The Morgan fingerprint density at radius 2 is 1.95 bits per heavy atom. The Morgan fingerprint density at radius 1 is 1.33 bits per heavy atom. The highest BCUT2D eigenvalue weighted by molar-refractivity contribution is 7.89. The molecule has 0 bridgehead atoms. The molecule has 0 aliphatic carbocycles. The van der Waals surface area contributed by atoms with E-state index < -0.39 is 10.0 Å². The number of nitrogens with zero attached hydrogens (tertiary/aromatic N) is 1. The molecular formula is C12H17Cl2N3O3S. The van der Waals surface area contributed by atoms with Gasteiger partial charge in [-0.3, -0.25) is 4.79 Å². The van der Waals surface area contributed by atoms with E-state index in [1.807, 2.05) is 0 Å². The monoisotopic (exact) mass is 353 g/mol. The van der Waals surface area contributed by atoms with Gasteiger partial charge in [0.15, 0.2) is 0 Å². The molecule has 0 unspecified atom stereocenters. The van der Waals surface area contributed by atoms with Crippen molar-refractivity contribution in [2.24, 2.45) is 0 Å². The van der Waals surface area contributed by atoms with E-state index in [1.54, 1.807) is 13.8 Å². The molecule has 0 fully saturated rings. The van der Waals surface area contributed by atoms with E-state index >= 15 is 0 Å². The fourth-order valence-electron chi connectivity index (χ4n) is 1.67. The molecule has 0 atom stereocenters. The molecule has 1 rings (SSSR count). The van der Waals surface area contributed by atoms with Crippen molar-refractivity contribution >= 4 is 44.8 Å². The summed E-state index contributed by atoms with van der Waals surface area (Å²) >= 11 is 11.8. The summed E-state index contributed by atoms with van der Waals surface area (Å²) in [6, 6.07) is 2.63. The molecule has 1 amide bonds. The van der Waals surface area contributed by atoms with Crippen LogP contribution in [0, 0.1) is 0 Å². The third-order valence-corrected chi connectivity index (χ3v) is 5.57. The zero-order valence-electron chi connectivity index (χ0n) is 11.7. The van der Waals surface area contributed by atoms with Crippen LogP contribution in [0.2, 0.25) is 10.0 Å². The molecule has 0 saturated heterocycles. The number of nitrogens with two attached hydrogens (primary N) is 1. The van der Waals surface area contributed by atoms with Crippen LogP contribution in [-0.2, 0) is 14.8 Å². The highest BCUT2D eigenvalue weighted by Crippen LogP contribution is 2.34. The Kier molecular flexibility index (Phi) is 6.27. The average molecular weight is 354 g/mol. The Morgan fingerprint density at radius 3 is 2.48 bits per heavy atom. The zero-order chi connectivity index (χ0) is 16.2. The number of benzene rings is 1. The quantitative estimate of drug-likeness (QED) is 0.761. The van der Waals surface area contributed by atoms with Crippen molar-refractivity contribution in [2.75, 3.05) is 25.4 Å². The molecule has 1 aromatic carbocycles. The van der Waals surface area contributed by atoms with Crippen LogP contribution < -0.4 is 11.1 Å². The lowest BCUT2D eigenvalue weighted by Gasteiger charge is -2.21. The standard InChI is InChI=1S/C12H17Cl2N3O3S/c1-3-16-10(18)7-17(4-2)21(19,20)9-6-5-8(13)12(15)11(9)14/h5-6H,3-4,7,15H2,1-2H3,(H,16,18). The molecule has 1 aromatic rings. The van der Waals surface area contributed by atoms with Crippen molar-refractivity contribution in [3.8, 4) is 0 Å². The molecule has 0 radical (unpaired) electrons. The largest absolute Gasteiger partial charge is 0.396 e. The van der Waals surface area contributed by atoms with Gasteiger partial charge in [0, 0.05) is 13.1 Å². The summed E-state index contributed by atoms with van der Waals surface area (Å²) in [5.74, 6) is -0.388. The number of sulfonamides is 1. The number of nitrogen functional groups attached to an aromatic ring is 1. The molecule has 0 heterocycles. The van der Waals surface area contributed by atoms with Gasteiger partial charge in [-0.25, -0.2) is 8.42 Å². The Labute approximate surface area is 134 Å². The van der Waals surface area contributed by atoms with Gasteiger partial charge in [-0.15, -0.1) is 0 Å². The summed E-state index contributed by atoms with van der Waals surface area (Å²) in [5.41, 5.74) is 5.64. The molecule has 9 heteroatoms. The lowest BCUT2D eigenvalue weighted by molar-refractivity contribution is -0.121. The second kappa shape index (κ2) is 7.31. The van der Waals surface area contributed by atoms with E-state index in [-0.39, 0.29) is 39.6 Å². The fourth-order valence-corrected chi connectivity index (χ4v) is 3.81. The van der Waals surface area contributed by atoms with Crippen LogP contribution in [-0.4, -0.2) is 38.3 Å². The second-order valence-corrected chi connectivity index (χ2v) is 6.85. The lowest BCUT2D eigenvalue weighted by atomic mass is 10.3. The number of hydrogen-bond acceptors (Lipinski definition) is 4. The first-order valence-electron chi connectivity index (χ1n) is 6.26. The van der Waals surface area contributed by atoms with Crippen LogP contribution in [0.15, 0.2) is 17.0 Å². The van der Waals surface area contributed by atoms with Crippen molar-refractivity contribution < 1.29 is 13.2 Å². The highest BCUT2D eigenvalue weighted by atomic mass is 35.5. The number of carbonyl (C=O) groups excluding carboxylic acids is 1. The van der Waals surface area contributed by atoms with E-state index in [1.165, 1.54) is 12.1 Å². The summed E-state index contributed by atoms with van der Waals surface area (Å²) < 4.78 is 26.1. The fraction of sp³-hybridized carbons (Fsp3) is 0.417. The van der Waals surface area contributed by atoms with Gasteiger partial charge in [-0.05, 0) is 19.1 Å². The summed E-state index contributed by atoms with van der Waals surface area (Å²) in [7, 11) is -3.93. The minimum absolute atomic E-state index is 0.00605. The molecule has 0 aliphatic heterocycles. The van der Waals surface area contributed by atoms with Gasteiger partial charge in [-0.2, -0.15) is 4.31 Å². The Bertz CT molecular complexity index is 635. The van der Waals surface area contributed by atoms with Crippen molar-refractivity contribution in [1.29, 1.82) is 0 Å². The molecule has 0 aliphatic rings.